The van der Waals surface area contributed by atoms with Crippen molar-refractivity contribution in [3.05, 3.63) is 145 Å². The molecule has 0 saturated heterocycles. The first kappa shape index (κ1) is 26.6. The van der Waals surface area contributed by atoms with Crippen molar-refractivity contribution in [2.24, 2.45) is 0 Å². The fraction of sp³-hybridized carbons (Fsp3) is 0. The molecule has 0 aromatic heterocycles. The maximum absolute atomic E-state index is 9.28. The Morgan fingerprint density at radius 2 is 0.694 bits per heavy atom. The molecule has 4 aromatic rings. The van der Waals surface area contributed by atoms with Crippen molar-refractivity contribution in [3.63, 3.8) is 0 Å². The topological polar surface area (TPSA) is 95.2 Å². The first-order valence-electron chi connectivity index (χ1n) is 10.9. The summed E-state index contributed by atoms with van der Waals surface area (Å²) in [6.07, 6.45) is 2.25. The second kappa shape index (κ2) is 16.0. The summed E-state index contributed by atoms with van der Waals surface area (Å²) in [5.74, 6) is 0. The van der Waals surface area contributed by atoms with Gasteiger partial charge in [0.2, 0.25) is 0 Å². The zero-order chi connectivity index (χ0) is 25.8. The van der Waals surface area contributed by atoms with Crippen molar-refractivity contribution in [1.29, 1.82) is 21.0 Å². The zero-order valence-corrected chi connectivity index (χ0v) is 19.5. The van der Waals surface area contributed by atoms with E-state index in [1.807, 2.05) is 72.8 Å². The lowest BCUT2D eigenvalue weighted by atomic mass is 9.96. The summed E-state index contributed by atoms with van der Waals surface area (Å²) >= 11 is 0. The SMILES string of the molecule is N#CC(=C(C#N)c1ccccc1)c1ccccc1.N#CC=CC#N.c1ccc(-c2ccccc2)cc1. The molecule has 4 nitrogen and oxygen atoms in total. The van der Waals surface area contributed by atoms with Gasteiger partial charge in [0.15, 0.2) is 0 Å². The van der Waals surface area contributed by atoms with Crippen LogP contribution in [0.1, 0.15) is 11.1 Å². The van der Waals surface area contributed by atoms with Gasteiger partial charge in [0.1, 0.15) is 12.1 Å². The third-order valence-corrected chi connectivity index (χ3v) is 4.71. The van der Waals surface area contributed by atoms with E-state index in [2.05, 4.69) is 60.7 Å². The van der Waals surface area contributed by atoms with Crippen LogP contribution in [-0.2, 0) is 0 Å². The van der Waals surface area contributed by atoms with E-state index in [0.717, 1.165) is 23.3 Å². The first-order chi connectivity index (χ1) is 17.7. The minimum absolute atomic E-state index is 0.407. The van der Waals surface area contributed by atoms with Gasteiger partial charge >= 0.3 is 0 Å². The average molecular weight is 463 g/mol. The van der Waals surface area contributed by atoms with E-state index < -0.39 is 0 Å². The number of nitriles is 4. The predicted molar refractivity (Wildman–Crippen MR) is 143 cm³/mol. The molecule has 0 aliphatic heterocycles. The van der Waals surface area contributed by atoms with Gasteiger partial charge in [0, 0.05) is 12.2 Å². The van der Waals surface area contributed by atoms with E-state index in [1.54, 1.807) is 12.1 Å². The standard InChI is InChI=1S/C16H10N2.C12H10.C4H2N2/c17-11-15(13-7-3-1-4-8-13)16(12-18)14-9-5-2-6-10-14;1-3-7-11(8-4-1)12-9-5-2-6-10-12;5-3-1-2-4-6/h1-10H;1-10H;1-2H. The van der Waals surface area contributed by atoms with Gasteiger partial charge in [-0.25, -0.2) is 0 Å². The van der Waals surface area contributed by atoms with Crippen molar-refractivity contribution >= 4 is 11.1 Å². The number of benzene rings is 4. The van der Waals surface area contributed by atoms with Gasteiger partial charge in [-0.2, -0.15) is 21.0 Å². The lowest BCUT2D eigenvalue weighted by Gasteiger charge is -2.03. The highest BCUT2D eigenvalue weighted by molar-refractivity contribution is 6.02. The van der Waals surface area contributed by atoms with Crippen LogP contribution in [0, 0.1) is 45.3 Å². The maximum atomic E-state index is 9.28. The lowest BCUT2D eigenvalue weighted by molar-refractivity contribution is 1.50. The maximum Gasteiger partial charge on any atom is 0.101 e. The summed E-state index contributed by atoms with van der Waals surface area (Å²) in [4.78, 5) is 0. The number of hydrogen-bond donors (Lipinski definition) is 0. The van der Waals surface area contributed by atoms with Crippen LogP contribution in [0.2, 0.25) is 0 Å². The first-order valence-corrected chi connectivity index (χ1v) is 10.9. The van der Waals surface area contributed by atoms with E-state index >= 15 is 0 Å². The fourth-order valence-corrected chi connectivity index (χ4v) is 3.07. The molecule has 0 amide bonds. The molecule has 0 aliphatic carbocycles. The molecule has 0 saturated carbocycles. The molecule has 0 N–H and O–H groups in total. The van der Waals surface area contributed by atoms with Gasteiger partial charge in [-0.15, -0.1) is 0 Å². The van der Waals surface area contributed by atoms with Gasteiger partial charge in [0.05, 0.1) is 23.3 Å². The van der Waals surface area contributed by atoms with Crippen LogP contribution in [0.5, 0.6) is 0 Å². The minimum Gasteiger partial charge on any atom is -0.193 e. The van der Waals surface area contributed by atoms with Crippen LogP contribution in [-0.4, -0.2) is 0 Å². The van der Waals surface area contributed by atoms with Crippen molar-refractivity contribution in [1.82, 2.24) is 0 Å². The molecule has 36 heavy (non-hydrogen) atoms. The van der Waals surface area contributed by atoms with Crippen LogP contribution in [0.3, 0.4) is 0 Å². The van der Waals surface area contributed by atoms with Gasteiger partial charge in [-0.1, -0.05) is 121 Å². The van der Waals surface area contributed by atoms with Crippen LogP contribution >= 0.6 is 0 Å². The van der Waals surface area contributed by atoms with Crippen molar-refractivity contribution in [3.8, 4) is 35.4 Å². The smallest absolute Gasteiger partial charge is 0.101 e. The number of hydrogen-bond acceptors (Lipinski definition) is 4. The monoisotopic (exact) mass is 462 g/mol. The molecular weight excluding hydrogens is 440 g/mol. The Morgan fingerprint density at radius 3 is 0.944 bits per heavy atom. The molecule has 4 aromatic carbocycles. The van der Waals surface area contributed by atoms with E-state index in [1.165, 1.54) is 11.1 Å². The molecule has 0 radical (unpaired) electrons. The van der Waals surface area contributed by atoms with Crippen LogP contribution < -0.4 is 0 Å². The number of rotatable bonds is 3. The Morgan fingerprint density at radius 1 is 0.417 bits per heavy atom. The normalized spacial score (nSPS) is 9.89. The highest BCUT2D eigenvalue weighted by Crippen LogP contribution is 2.25. The third kappa shape index (κ3) is 8.69. The van der Waals surface area contributed by atoms with Gasteiger partial charge < -0.3 is 0 Å². The molecule has 0 bridgehead atoms. The minimum atomic E-state index is 0.407. The molecule has 0 unspecified atom stereocenters. The second-order valence-electron chi connectivity index (χ2n) is 7.03. The van der Waals surface area contributed by atoms with E-state index in [-0.39, 0.29) is 0 Å². The zero-order valence-electron chi connectivity index (χ0n) is 19.5. The van der Waals surface area contributed by atoms with Gasteiger partial charge in [-0.05, 0) is 22.3 Å². The summed E-state index contributed by atoms with van der Waals surface area (Å²) in [5.41, 5.74) is 4.89. The highest BCUT2D eigenvalue weighted by Gasteiger charge is 2.10. The molecule has 170 valence electrons. The molecule has 4 rings (SSSR count). The summed E-state index contributed by atoms with van der Waals surface area (Å²) < 4.78 is 0. The predicted octanol–water partition coefficient (Wildman–Crippen LogP) is 7.59. The Labute approximate surface area is 212 Å². The quantitative estimate of drug-likeness (QED) is 0.231. The molecule has 0 spiro atoms. The summed E-state index contributed by atoms with van der Waals surface area (Å²) in [6.45, 7) is 0. The third-order valence-electron chi connectivity index (χ3n) is 4.71. The van der Waals surface area contributed by atoms with Gasteiger partial charge in [-0.3, -0.25) is 0 Å². The van der Waals surface area contributed by atoms with Crippen LogP contribution in [0.15, 0.2) is 133 Å². The van der Waals surface area contributed by atoms with E-state index in [4.69, 9.17) is 10.5 Å². The number of allylic oxidation sites excluding steroid dienone is 4. The highest BCUT2D eigenvalue weighted by atomic mass is 14.3. The molecule has 4 heteroatoms. The largest absolute Gasteiger partial charge is 0.193 e. The number of nitrogens with zero attached hydrogens (tertiary/aromatic N) is 4. The van der Waals surface area contributed by atoms with Gasteiger partial charge in [0.25, 0.3) is 0 Å². The molecular formula is C32H22N4. The fourth-order valence-electron chi connectivity index (χ4n) is 3.07. The lowest BCUT2D eigenvalue weighted by Crippen LogP contribution is -1.88. The van der Waals surface area contributed by atoms with Crippen molar-refractivity contribution in [2.75, 3.05) is 0 Å². The van der Waals surface area contributed by atoms with E-state index in [9.17, 15) is 10.5 Å². The average Bonchev–Trinajstić information content (AvgIpc) is 2.97. The van der Waals surface area contributed by atoms with Crippen LogP contribution in [0.4, 0.5) is 0 Å². The summed E-state index contributed by atoms with van der Waals surface area (Å²) in [6, 6.07) is 46.9. The molecule has 0 fully saturated rings. The van der Waals surface area contributed by atoms with E-state index in [0.29, 0.717) is 11.1 Å². The van der Waals surface area contributed by atoms with Crippen LogP contribution in [0.25, 0.3) is 22.3 Å². The van der Waals surface area contributed by atoms with Crippen molar-refractivity contribution in [2.45, 2.75) is 0 Å². The summed E-state index contributed by atoms with van der Waals surface area (Å²) in [5, 5.41) is 34.0. The second-order valence-corrected chi connectivity index (χ2v) is 7.03. The Kier molecular flexibility index (Phi) is 11.8. The molecule has 0 atom stereocenters. The molecule has 0 heterocycles. The summed E-state index contributed by atoms with van der Waals surface area (Å²) in [7, 11) is 0. The molecule has 0 aliphatic rings. The Bertz CT molecular complexity index is 1320. The van der Waals surface area contributed by atoms with Crippen molar-refractivity contribution < 1.29 is 0 Å². The Balaban J connectivity index is 0.000000218. The Hall–Kier alpha value is -5.68.